The van der Waals surface area contributed by atoms with Gasteiger partial charge in [-0.25, -0.2) is 9.37 Å². The molecule has 4 aromatic rings. The maximum Gasteiger partial charge on any atom is 0.257 e. The first-order chi connectivity index (χ1) is 16.8. The molecule has 5 rings (SSSR count). The van der Waals surface area contributed by atoms with Gasteiger partial charge < -0.3 is 24.7 Å². The number of hydrogen-bond donors (Lipinski definition) is 2. The predicted molar refractivity (Wildman–Crippen MR) is 134 cm³/mol. The molecular formula is C25H30FN7O2. The molecule has 2 atom stereocenters. The molecule has 35 heavy (non-hydrogen) atoms. The number of aryl methyl sites for hydroxylation is 1. The van der Waals surface area contributed by atoms with E-state index in [0.29, 0.717) is 47.7 Å². The Hall–Kier alpha value is -3.50. The van der Waals surface area contributed by atoms with Crippen molar-refractivity contribution in [2.75, 3.05) is 37.0 Å². The Bertz CT molecular complexity index is 1390. The first-order valence-corrected chi connectivity index (χ1v) is 11.8. The summed E-state index contributed by atoms with van der Waals surface area (Å²) in [5.74, 6) is -0.849. The minimum absolute atomic E-state index is 0.226. The quantitative estimate of drug-likeness (QED) is 0.442. The summed E-state index contributed by atoms with van der Waals surface area (Å²) in [6.45, 7) is 8.93. The van der Waals surface area contributed by atoms with Crippen LogP contribution < -0.4 is 15.5 Å². The fourth-order valence-electron chi connectivity index (χ4n) is 4.87. The van der Waals surface area contributed by atoms with E-state index in [2.05, 4.69) is 34.4 Å². The van der Waals surface area contributed by atoms with Crippen LogP contribution in [-0.4, -0.2) is 64.0 Å². The second-order valence-corrected chi connectivity index (χ2v) is 9.30. The number of imidazole rings is 1. The molecule has 184 valence electrons. The molecule has 3 aromatic heterocycles. The average Bonchev–Trinajstić information content (AvgIpc) is 3.39. The summed E-state index contributed by atoms with van der Waals surface area (Å²) in [6.07, 6.45) is 5.34. The third kappa shape index (κ3) is 4.59. The van der Waals surface area contributed by atoms with E-state index in [4.69, 9.17) is 9.84 Å². The molecule has 0 aliphatic carbocycles. The Morgan fingerprint density at radius 1 is 1.23 bits per heavy atom. The minimum atomic E-state index is -0.498. The number of aromatic nitrogens is 4. The largest absolute Gasteiger partial charge is 0.383 e. The molecule has 1 aromatic carbocycles. The van der Waals surface area contributed by atoms with Crippen LogP contribution in [0.25, 0.3) is 16.6 Å². The van der Waals surface area contributed by atoms with Gasteiger partial charge in [0.1, 0.15) is 5.52 Å². The number of methoxy groups -OCH3 is 1. The number of ether oxygens (including phenoxy) is 1. The molecule has 0 saturated carbocycles. The normalized spacial score (nSPS) is 18.5. The van der Waals surface area contributed by atoms with Crippen molar-refractivity contribution in [2.24, 2.45) is 0 Å². The van der Waals surface area contributed by atoms with Gasteiger partial charge in [0.05, 0.1) is 30.1 Å². The topological polar surface area (TPSA) is 88.7 Å². The molecule has 9 nitrogen and oxygen atoms in total. The molecule has 2 unspecified atom stereocenters. The Labute approximate surface area is 202 Å². The third-order valence-corrected chi connectivity index (χ3v) is 6.25. The lowest BCUT2D eigenvalue weighted by molar-refractivity contribution is 0.102. The van der Waals surface area contributed by atoms with E-state index in [-0.39, 0.29) is 11.6 Å². The van der Waals surface area contributed by atoms with Gasteiger partial charge in [-0.3, -0.25) is 9.48 Å². The number of nitrogens with one attached hydrogen (secondary N) is 2. The number of piperazine rings is 1. The number of amides is 1. The number of fused-ring (bicyclic) bond motifs is 2. The first kappa shape index (κ1) is 23.3. The summed E-state index contributed by atoms with van der Waals surface area (Å²) in [5.41, 5.74) is 3.35. The van der Waals surface area contributed by atoms with Gasteiger partial charge in [0.25, 0.3) is 5.91 Å². The first-order valence-electron chi connectivity index (χ1n) is 11.8. The van der Waals surface area contributed by atoms with Gasteiger partial charge in [-0.2, -0.15) is 5.10 Å². The molecule has 1 fully saturated rings. The molecule has 1 amide bonds. The Morgan fingerprint density at radius 3 is 2.74 bits per heavy atom. The van der Waals surface area contributed by atoms with Gasteiger partial charge in [-0.15, -0.1) is 0 Å². The zero-order valence-corrected chi connectivity index (χ0v) is 20.4. The minimum Gasteiger partial charge on any atom is -0.383 e. The van der Waals surface area contributed by atoms with Crippen molar-refractivity contribution < 1.29 is 13.9 Å². The number of rotatable bonds is 6. The Balaban J connectivity index is 1.52. The zero-order chi connectivity index (χ0) is 24.7. The highest BCUT2D eigenvalue weighted by molar-refractivity contribution is 6.13. The molecule has 0 radical (unpaired) electrons. The van der Waals surface area contributed by atoms with Gasteiger partial charge in [0.15, 0.2) is 11.5 Å². The number of pyridine rings is 1. The van der Waals surface area contributed by atoms with E-state index in [1.807, 2.05) is 16.9 Å². The van der Waals surface area contributed by atoms with Crippen molar-refractivity contribution in [3.05, 3.63) is 53.9 Å². The number of benzene rings is 1. The molecule has 1 aliphatic heterocycles. The van der Waals surface area contributed by atoms with Crippen molar-refractivity contribution in [3.8, 4) is 0 Å². The Morgan fingerprint density at radius 2 is 2.00 bits per heavy atom. The van der Waals surface area contributed by atoms with Crippen molar-refractivity contribution in [3.63, 3.8) is 0 Å². The van der Waals surface area contributed by atoms with E-state index in [0.717, 1.165) is 24.2 Å². The highest BCUT2D eigenvalue weighted by Gasteiger charge is 2.25. The summed E-state index contributed by atoms with van der Waals surface area (Å²) >= 11 is 0. The van der Waals surface area contributed by atoms with Crippen molar-refractivity contribution >= 4 is 33.8 Å². The van der Waals surface area contributed by atoms with E-state index < -0.39 is 5.82 Å². The number of nitrogens with zero attached hydrogens (tertiary/aromatic N) is 5. The average molecular weight is 480 g/mol. The molecule has 1 saturated heterocycles. The maximum atomic E-state index is 14.5. The number of hydrogen-bond acceptors (Lipinski definition) is 6. The van der Waals surface area contributed by atoms with Crippen LogP contribution in [0.2, 0.25) is 0 Å². The van der Waals surface area contributed by atoms with E-state index in [1.54, 1.807) is 36.9 Å². The fourth-order valence-corrected chi connectivity index (χ4v) is 4.87. The van der Waals surface area contributed by atoms with Crippen LogP contribution in [0.4, 0.5) is 15.8 Å². The monoisotopic (exact) mass is 479 g/mol. The molecule has 2 N–H and O–H groups in total. The third-order valence-electron chi connectivity index (χ3n) is 6.25. The van der Waals surface area contributed by atoms with Crippen molar-refractivity contribution in [1.82, 2.24) is 24.5 Å². The number of carbonyl (C=O) groups is 1. The van der Waals surface area contributed by atoms with Crippen LogP contribution >= 0.6 is 0 Å². The highest BCUT2D eigenvalue weighted by atomic mass is 19.1. The SMILES string of the molecule is COCCn1cc2c(N3CC(C)NC(C)C3)ccc(C(=O)Nc3cc(F)c4nc(C)cn4c3)c2n1. The maximum absolute atomic E-state index is 14.5. The smallest absolute Gasteiger partial charge is 0.257 e. The molecule has 0 spiro atoms. The van der Waals surface area contributed by atoms with Crippen LogP contribution in [0, 0.1) is 12.7 Å². The molecule has 4 heterocycles. The summed E-state index contributed by atoms with van der Waals surface area (Å²) in [6, 6.07) is 5.75. The van der Waals surface area contributed by atoms with E-state index in [1.165, 1.54) is 6.07 Å². The van der Waals surface area contributed by atoms with Crippen LogP contribution in [0.5, 0.6) is 0 Å². The van der Waals surface area contributed by atoms with Crippen LogP contribution in [0.15, 0.2) is 36.8 Å². The van der Waals surface area contributed by atoms with Gasteiger partial charge in [-0.1, -0.05) is 0 Å². The summed E-state index contributed by atoms with van der Waals surface area (Å²) < 4.78 is 23.1. The summed E-state index contributed by atoms with van der Waals surface area (Å²) in [4.78, 5) is 19.8. The van der Waals surface area contributed by atoms with Gasteiger partial charge >= 0.3 is 0 Å². The number of carbonyl (C=O) groups excluding carboxylic acids is 1. The van der Waals surface area contributed by atoms with Gasteiger partial charge in [-0.05, 0) is 32.9 Å². The highest BCUT2D eigenvalue weighted by Crippen LogP contribution is 2.31. The lowest BCUT2D eigenvalue weighted by Gasteiger charge is -2.38. The summed E-state index contributed by atoms with van der Waals surface area (Å²) in [7, 11) is 1.65. The van der Waals surface area contributed by atoms with Gasteiger partial charge in [0.2, 0.25) is 0 Å². The lowest BCUT2D eigenvalue weighted by atomic mass is 10.1. The summed E-state index contributed by atoms with van der Waals surface area (Å²) in [5, 5.41) is 12.0. The molecule has 0 bridgehead atoms. The van der Waals surface area contributed by atoms with Crippen LogP contribution in [0.1, 0.15) is 29.9 Å². The van der Waals surface area contributed by atoms with E-state index >= 15 is 0 Å². The van der Waals surface area contributed by atoms with Crippen LogP contribution in [0.3, 0.4) is 0 Å². The van der Waals surface area contributed by atoms with Gasteiger partial charge in [0, 0.05) is 68.0 Å². The molecular weight excluding hydrogens is 449 g/mol. The van der Waals surface area contributed by atoms with Crippen molar-refractivity contribution in [1.29, 1.82) is 0 Å². The van der Waals surface area contributed by atoms with Crippen LogP contribution in [-0.2, 0) is 11.3 Å². The van der Waals surface area contributed by atoms with E-state index in [9.17, 15) is 9.18 Å². The second kappa shape index (κ2) is 9.27. The number of halogens is 1. The predicted octanol–water partition coefficient (Wildman–Crippen LogP) is 3.22. The second-order valence-electron chi connectivity index (χ2n) is 9.30. The zero-order valence-electron chi connectivity index (χ0n) is 20.4. The van der Waals surface area contributed by atoms with Crippen molar-refractivity contribution in [2.45, 2.75) is 39.4 Å². The Kier molecular flexibility index (Phi) is 6.16. The fraction of sp³-hybridized carbons (Fsp3) is 0.400. The number of anilines is 2. The lowest BCUT2D eigenvalue weighted by Crippen LogP contribution is -2.54. The molecule has 1 aliphatic rings. The molecule has 10 heteroatoms. The standard InChI is InChI=1S/C25H30FN7O2/c1-15-10-31(11-16(2)27-15)22-6-5-19(23-20(22)14-33(30-23)7-8-35-4)25(34)29-18-9-21(26)24-28-17(3)12-32(24)13-18/h5-6,9,12-16,27H,7-8,10-11H2,1-4H3,(H,29,34).